The number of hydrogen-bond acceptors (Lipinski definition) is 3. The number of aliphatic hydroxyl groups is 1. The van der Waals surface area contributed by atoms with Crippen LogP contribution in [0.1, 0.15) is 51.0 Å². The Bertz CT molecular complexity index is 557. The summed E-state index contributed by atoms with van der Waals surface area (Å²) >= 11 is 0. The molecule has 1 aromatic heterocycles. The zero-order valence-corrected chi connectivity index (χ0v) is 13.4. The van der Waals surface area contributed by atoms with Gasteiger partial charge in [-0.2, -0.15) is 0 Å². The van der Waals surface area contributed by atoms with E-state index in [-0.39, 0.29) is 0 Å². The van der Waals surface area contributed by atoms with E-state index in [9.17, 15) is 5.11 Å². The zero-order chi connectivity index (χ0) is 15.2. The molecule has 0 aliphatic carbocycles. The number of rotatable bonds is 8. The first-order chi connectivity index (χ1) is 10.2. The molecule has 0 aliphatic heterocycles. The standard InChI is InChI=1S/C18H27NO2/c1-4-7-11-17-18(15(20)13-19(5-2)6-3)14-10-8-9-12-16(14)21-17/h8-10,12,15,20H,4-7,11,13H2,1-3H3. The number of unbranched alkanes of at least 4 members (excludes halogenated alkanes) is 1. The van der Waals surface area contributed by atoms with E-state index < -0.39 is 6.10 Å². The number of nitrogens with zero attached hydrogens (tertiary/aromatic N) is 1. The monoisotopic (exact) mass is 289 g/mol. The van der Waals surface area contributed by atoms with E-state index in [0.29, 0.717) is 6.54 Å². The van der Waals surface area contributed by atoms with Crippen LogP contribution in [-0.2, 0) is 6.42 Å². The minimum atomic E-state index is -0.486. The van der Waals surface area contributed by atoms with Crippen LogP contribution in [0.15, 0.2) is 28.7 Å². The topological polar surface area (TPSA) is 36.6 Å². The van der Waals surface area contributed by atoms with Gasteiger partial charge in [0.2, 0.25) is 0 Å². The normalized spacial score (nSPS) is 13.2. The molecule has 116 valence electrons. The van der Waals surface area contributed by atoms with Crippen LogP contribution < -0.4 is 0 Å². The van der Waals surface area contributed by atoms with Gasteiger partial charge in [-0.25, -0.2) is 0 Å². The molecule has 1 unspecified atom stereocenters. The van der Waals surface area contributed by atoms with Crippen LogP contribution in [-0.4, -0.2) is 29.6 Å². The molecule has 2 rings (SSSR count). The predicted octanol–water partition coefficient (Wildman–Crippen LogP) is 4.15. The van der Waals surface area contributed by atoms with E-state index in [4.69, 9.17) is 4.42 Å². The zero-order valence-electron chi connectivity index (χ0n) is 13.4. The highest BCUT2D eigenvalue weighted by Crippen LogP contribution is 2.32. The summed E-state index contributed by atoms with van der Waals surface area (Å²) in [7, 11) is 0. The van der Waals surface area contributed by atoms with Crippen LogP contribution in [0, 0.1) is 0 Å². The highest BCUT2D eigenvalue weighted by molar-refractivity contribution is 5.82. The van der Waals surface area contributed by atoms with Gasteiger partial charge in [-0.15, -0.1) is 0 Å². The predicted molar refractivity (Wildman–Crippen MR) is 87.6 cm³/mol. The molecule has 1 N–H and O–H groups in total. The number of para-hydroxylation sites is 1. The average molecular weight is 289 g/mol. The lowest BCUT2D eigenvalue weighted by Crippen LogP contribution is -2.28. The van der Waals surface area contributed by atoms with Gasteiger partial charge >= 0.3 is 0 Å². The van der Waals surface area contributed by atoms with Gasteiger partial charge in [0.1, 0.15) is 11.3 Å². The van der Waals surface area contributed by atoms with Crippen molar-refractivity contribution in [3.8, 4) is 0 Å². The van der Waals surface area contributed by atoms with E-state index in [0.717, 1.165) is 54.6 Å². The largest absolute Gasteiger partial charge is 0.461 e. The maximum absolute atomic E-state index is 10.7. The molecule has 1 aromatic carbocycles. The third kappa shape index (κ3) is 3.66. The molecule has 2 aromatic rings. The fourth-order valence-corrected chi connectivity index (χ4v) is 2.82. The Labute approximate surface area is 127 Å². The number of furan rings is 1. The molecular formula is C18H27NO2. The van der Waals surface area contributed by atoms with Gasteiger partial charge < -0.3 is 14.4 Å². The van der Waals surface area contributed by atoms with Crippen molar-refractivity contribution >= 4 is 11.0 Å². The van der Waals surface area contributed by atoms with Crippen LogP contribution in [0.5, 0.6) is 0 Å². The van der Waals surface area contributed by atoms with Gasteiger partial charge in [0.05, 0.1) is 6.10 Å². The number of fused-ring (bicyclic) bond motifs is 1. The molecule has 21 heavy (non-hydrogen) atoms. The first-order valence-corrected chi connectivity index (χ1v) is 8.11. The van der Waals surface area contributed by atoms with Crippen LogP contribution in [0.2, 0.25) is 0 Å². The van der Waals surface area contributed by atoms with Crippen molar-refractivity contribution in [2.75, 3.05) is 19.6 Å². The second-order valence-corrected chi connectivity index (χ2v) is 5.54. The first-order valence-electron chi connectivity index (χ1n) is 8.11. The summed E-state index contributed by atoms with van der Waals surface area (Å²) in [6.45, 7) is 9.00. The van der Waals surface area contributed by atoms with Crippen LogP contribution in [0.25, 0.3) is 11.0 Å². The van der Waals surface area contributed by atoms with E-state index in [1.165, 1.54) is 0 Å². The summed E-state index contributed by atoms with van der Waals surface area (Å²) in [5, 5.41) is 11.8. The van der Waals surface area contributed by atoms with Crippen molar-refractivity contribution in [1.29, 1.82) is 0 Å². The van der Waals surface area contributed by atoms with Crippen molar-refractivity contribution in [3.05, 3.63) is 35.6 Å². The molecule has 0 saturated heterocycles. The summed E-state index contributed by atoms with van der Waals surface area (Å²) in [5.74, 6) is 0.956. The van der Waals surface area contributed by atoms with E-state index in [2.05, 4.69) is 31.7 Å². The van der Waals surface area contributed by atoms with Gasteiger partial charge in [0.25, 0.3) is 0 Å². The highest BCUT2D eigenvalue weighted by atomic mass is 16.3. The van der Waals surface area contributed by atoms with Crippen molar-refractivity contribution in [1.82, 2.24) is 4.90 Å². The summed E-state index contributed by atoms with van der Waals surface area (Å²) < 4.78 is 5.99. The molecule has 0 aliphatic rings. The number of aliphatic hydroxyl groups excluding tert-OH is 1. The summed E-state index contributed by atoms with van der Waals surface area (Å²) in [4.78, 5) is 2.25. The summed E-state index contributed by atoms with van der Waals surface area (Å²) in [6, 6.07) is 8.03. The van der Waals surface area contributed by atoms with Crippen LogP contribution >= 0.6 is 0 Å². The molecule has 1 atom stereocenters. The third-order valence-electron chi connectivity index (χ3n) is 4.13. The smallest absolute Gasteiger partial charge is 0.134 e. The maximum atomic E-state index is 10.7. The highest BCUT2D eigenvalue weighted by Gasteiger charge is 2.21. The molecule has 0 fully saturated rings. The first kappa shape index (κ1) is 16.1. The molecule has 3 nitrogen and oxygen atoms in total. The lowest BCUT2D eigenvalue weighted by Gasteiger charge is -2.22. The van der Waals surface area contributed by atoms with Gasteiger partial charge in [-0.05, 0) is 25.6 Å². The maximum Gasteiger partial charge on any atom is 0.134 e. The third-order valence-corrected chi connectivity index (χ3v) is 4.13. The fraction of sp³-hybridized carbons (Fsp3) is 0.556. The van der Waals surface area contributed by atoms with Gasteiger partial charge in [0.15, 0.2) is 0 Å². The number of likely N-dealkylation sites (N-methyl/N-ethyl adjacent to an activating group) is 1. The van der Waals surface area contributed by atoms with Gasteiger partial charge in [0, 0.05) is 23.9 Å². The van der Waals surface area contributed by atoms with Crippen LogP contribution in [0.3, 0.4) is 0 Å². The Hall–Kier alpha value is -1.32. The lowest BCUT2D eigenvalue weighted by molar-refractivity contribution is 0.118. The van der Waals surface area contributed by atoms with Crippen LogP contribution in [0.4, 0.5) is 0 Å². The van der Waals surface area contributed by atoms with Gasteiger partial charge in [-0.1, -0.05) is 45.4 Å². The molecule has 1 heterocycles. The van der Waals surface area contributed by atoms with E-state index in [1.807, 2.05) is 18.2 Å². The Morgan fingerprint density at radius 2 is 1.86 bits per heavy atom. The van der Waals surface area contributed by atoms with Crippen molar-refractivity contribution < 1.29 is 9.52 Å². The Kier molecular flexibility index (Phi) is 5.83. The Morgan fingerprint density at radius 1 is 1.14 bits per heavy atom. The molecule has 0 amide bonds. The second kappa shape index (κ2) is 7.62. The molecule has 3 heteroatoms. The average Bonchev–Trinajstić information content (AvgIpc) is 2.88. The van der Waals surface area contributed by atoms with Crippen molar-refractivity contribution in [3.63, 3.8) is 0 Å². The summed E-state index contributed by atoms with van der Waals surface area (Å²) in [6.07, 6.45) is 2.63. The Balaban J connectivity index is 2.34. The second-order valence-electron chi connectivity index (χ2n) is 5.54. The molecule has 0 radical (unpaired) electrons. The SMILES string of the molecule is CCCCc1oc2ccccc2c1C(O)CN(CC)CC. The lowest BCUT2D eigenvalue weighted by atomic mass is 10.0. The molecule has 0 spiro atoms. The minimum absolute atomic E-state index is 0.486. The number of benzene rings is 1. The number of aryl methyl sites for hydroxylation is 1. The van der Waals surface area contributed by atoms with Crippen molar-refractivity contribution in [2.45, 2.75) is 46.1 Å². The molecular weight excluding hydrogens is 262 g/mol. The van der Waals surface area contributed by atoms with E-state index >= 15 is 0 Å². The molecule has 0 bridgehead atoms. The fourth-order valence-electron chi connectivity index (χ4n) is 2.82. The van der Waals surface area contributed by atoms with E-state index in [1.54, 1.807) is 0 Å². The van der Waals surface area contributed by atoms with Crippen molar-refractivity contribution in [2.24, 2.45) is 0 Å². The summed E-state index contributed by atoms with van der Waals surface area (Å²) in [5.41, 5.74) is 1.88. The Morgan fingerprint density at radius 3 is 2.52 bits per heavy atom. The van der Waals surface area contributed by atoms with Gasteiger partial charge in [-0.3, -0.25) is 0 Å². The quantitative estimate of drug-likeness (QED) is 0.793. The minimum Gasteiger partial charge on any atom is -0.461 e. The number of hydrogen-bond donors (Lipinski definition) is 1. The molecule has 0 saturated carbocycles.